The lowest BCUT2D eigenvalue weighted by molar-refractivity contribution is -0.384. The molecule has 1 aromatic heterocycles. The number of fused-ring (bicyclic) bond motifs is 1. The lowest BCUT2D eigenvalue weighted by Gasteiger charge is -2.47. The molecule has 1 aliphatic heterocycles. The number of anilines is 1. The van der Waals surface area contributed by atoms with E-state index in [9.17, 15) is 15.2 Å². The minimum absolute atomic E-state index is 0.0660. The van der Waals surface area contributed by atoms with Crippen molar-refractivity contribution in [1.29, 1.82) is 0 Å². The second-order valence-electron chi connectivity index (χ2n) is 6.35. The van der Waals surface area contributed by atoms with Crippen molar-refractivity contribution in [1.82, 2.24) is 4.98 Å². The number of aromatic nitrogens is 1. The van der Waals surface area contributed by atoms with Crippen LogP contribution in [0.4, 0.5) is 11.5 Å². The van der Waals surface area contributed by atoms with Crippen molar-refractivity contribution in [3.05, 3.63) is 27.9 Å². The molecule has 0 spiro atoms. The van der Waals surface area contributed by atoms with Crippen LogP contribution in [0.5, 0.6) is 0 Å². The summed E-state index contributed by atoms with van der Waals surface area (Å²) in [5.41, 5.74) is 0.279. The van der Waals surface area contributed by atoms with Gasteiger partial charge in [0.25, 0.3) is 0 Å². The van der Waals surface area contributed by atoms with Crippen LogP contribution >= 0.6 is 0 Å². The topological polar surface area (TPSA) is 79.5 Å². The van der Waals surface area contributed by atoms with E-state index in [2.05, 4.69) is 4.98 Å². The van der Waals surface area contributed by atoms with Gasteiger partial charge in [-0.1, -0.05) is 12.8 Å². The molecule has 0 radical (unpaired) electrons. The maximum Gasteiger partial charge on any atom is 0.311 e. The number of pyridine rings is 1. The van der Waals surface area contributed by atoms with Gasteiger partial charge in [-0.2, -0.15) is 0 Å². The quantitative estimate of drug-likeness (QED) is 0.668. The molecule has 6 nitrogen and oxygen atoms in total. The minimum Gasteiger partial charge on any atom is -0.389 e. The van der Waals surface area contributed by atoms with Crippen LogP contribution in [0.1, 0.15) is 37.7 Å². The molecule has 0 amide bonds. The summed E-state index contributed by atoms with van der Waals surface area (Å²) in [5.74, 6) is 0.640. The number of hydrogen-bond donors (Lipinski definition) is 1. The lowest BCUT2D eigenvalue weighted by Crippen LogP contribution is -2.53. The van der Waals surface area contributed by atoms with Crippen LogP contribution in [-0.4, -0.2) is 33.7 Å². The molecule has 21 heavy (non-hydrogen) atoms. The van der Waals surface area contributed by atoms with Crippen LogP contribution in [0.3, 0.4) is 0 Å². The van der Waals surface area contributed by atoms with Crippen molar-refractivity contribution < 1.29 is 10.0 Å². The highest BCUT2D eigenvalue weighted by Gasteiger charge is 2.43. The average molecular weight is 291 g/mol. The molecule has 6 heteroatoms. The molecule has 2 atom stereocenters. The number of aryl methyl sites for hydroxylation is 1. The van der Waals surface area contributed by atoms with E-state index in [1.807, 2.05) is 4.90 Å². The van der Waals surface area contributed by atoms with Gasteiger partial charge < -0.3 is 10.0 Å². The molecule has 2 heterocycles. The zero-order valence-electron chi connectivity index (χ0n) is 12.3. The van der Waals surface area contributed by atoms with Crippen molar-refractivity contribution in [2.45, 2.75) is 44.6 Å². The highest BCUT2D eigenvalue weighted by atomic mass is 16.6. The lowest BCUT2D eigenvalue weighted by atomic mass is 9.71. The van der Waals surface area contributed by atoms with Crippen LogP contribution in [0, 0.1) is 23.0 Å². The second kappa shape index (κ2) is 5.26. The number of piperidine rings is 1. The fourth-order valence-electron chi connectivity index (χ4n) is 3.69. The Balaban J connectivity index is 1.87. The van der Waals surface area contributed by atoms with Crippen LogP contribution in [0.25, 0.3) is 0 Å². The Morgan fingerprint density at radius 2 is 2.29 bits per heavy atom. The normalized spacial score (nSPS) is 29.0. The molecule has 2 aliphatic rings. The molecule has 1 saturated carbocycles. The smallest absolute Gasteiger partial charge is 0.311 e. The molecule has 3 rings (SSSR count). The van der Waals surface area contributed by atoms with E-state index in [1.54, 1.807) is 19.2 Å². The number of hydrogen-bond acceptors (Lipinski definition) is 5. The Morgan fingerprint density at radius 1 is 1.48 bits per heavy atom. The first-order chi connectivity index (χ1) is 9.99. The van der Waals surface area contributed by atoms with Crippen molar-refractivity contribution in [2.75, 3.05) is 18.0 Å². The SMILES string of the molecule is Cc1cnc(N2CCC3(O)CCCCC3C2)c([N+](=O)[O-])c1. The van der Waals surface area contributed by atoms with Crippen molar-refractivity contribution >= 4 is 11.5 Å². The van der Waals surface area contributed by atoms with E-state index in [0.717, 1.165) is 31.2 Å². The molecule has 1 saturated heterocycles. The van der Waals surface area contributed by atoms with Gasteiger partial charge in [-0.15, -0.1) is 0 Å². The molecule has 2 fully saturated rings. The van der Waals surface area contributed by atoms with Crippen LogP contribution in [-0.2, 0) is 0 Å². The van der Waals surface area contributed by atoms with Gasteiger partial charge in [0, 0.05) is 31.3 Å². The molecule has 0 bridgehead atoms. The van der Waals surface area contributed by atoms with Gasteiger partial charge in [-0.05, 0) is 31.7 Å². The first kappa shape index (κ1) is 14.3. The molecule has 114 valence electrons. The van der Waals surface area contributed by atoms with Gasteiger partial charge in [0.15, 0.2) is 0 Å². The Labute approximate surface area is 123 Å². The summed E-state index contributed by atoms with van der Waals surface area (Å²) in [6.07, 6.45) is 6.40. The summed E-state index contributed by atoms with van der Waals surface area (Å²) in [4.78, 5) is 17.1. The maximum absolute atomic E-state index is 11.3. The van der Waals surface area contributed by atoms with Gasteiger partial charge in [-0.3, -0.25) is 10.1 Å². The summed E-state index contributed by atoms with van der Waals surface area (Å²) in [6, 6.07) is 1.57. The molecule has 1 N–H and O–H groups in total. The van der Waals surface area contributed by atoms with E-state index >= 15 is 0 Å². The van der Waals surface area contributed by atoms with Crippen molar-refractivity contribution in [2.24, 2.45) is 5.92 Å². The monoisotopic (exact) mass is 291 g/mol. The summed E-state index contributed by atoms with van der Waals surface area (Å²) in [7, 11) is 0. The highest BCUT2D eigenvalue weighted by Crippen LogP contribution is 2.41. The van der Waals surface area contributed by atoms with Gasteiger partial charge in [0.2, 0.25) is 5.82 Å². The number of nitrogens with zero attached hydrogens (tertiary/aromatic N) is 3. The third-order valence-corrected chi connectivity index (χ3v) is 4.91. The molecular weight excluding hydrogens is 270 g/mol. The van der Waals surface area contributed by atoms with E-state index in [0.29, 0.717) is 25.3 Å². The zero-order chi connectivity index (χ0) is 15.0. The summed E-state index contributed by atoms with van der Waals surface area (Å²) in [6.45, 7) is 3.09. The van der Waals surface area contributed by atoms with Crippen molar-refractivity contribution in [3.63, 3.8) is 0 Å². The molecule has 1 aliphatic carbocycles. The molecule has 2 unspecified atom stereocenters. The third-order valence-electron chi connectivity index (χ3n) is 4.91. The predicted octanol–water partition coefficient (Wildman–Crippen LogP) is 2.43. The maximum atomic E-state index is 11.3. The number of aliphatic hydroxyl groups is 1. The first-order valence-electron chi connectivity index (χ1n) is 7.58. The van der Waals surface area contributed by atoms with Crippen LogP contribution < -0.4 is 4.90 Å². The Morgan fingerprint density at radius 3 is 3.05 bits per heavy atom. The van der Waals surface area contributed by atoms with Gasteiger partial charge in [-0.25, -0.2) is 4.98 Å². The predicted molar refractivity (Wildman–Crippen MR) is 79.4 cm³/mol. The zero-order valence-corrected chi connectivity index (χ0v) is 12.3. The van der Waals surface area contributed by atoms with Crippen LogP contribution in [0.15, 0.2) is 12.3 Å². The van der Waals surface area contributed by atoms with E-state index in [1.165, 1.54) is 0 Å². The molecular formula is C15H21N3O3. The van der Waals surface area contributed by atoms with E-state index < -0.39 is 5.60 Å². The standard InChI is InChI=1S/C15H21N3O3/c1-11-8-13(18(20)21)14(16-9-11)17-7-6-15(19)5-3-2-4-12(15)10-17/h8-9,12,19H,2-7,10H2,1H3. The summed E-state index contributed by atoms with van der Waals surface area (Å²) >= 11 is 0. The van der Waals surface area contributed by atoms with Gasteiger partial charge >= 0.3 is 5.69 Å². The van der Waals surface area contributed by atoms with Gasteiger partial charge in [0.1, 0.15) is 0 Å². The molecule has 1 aromatic rings. The fourth-order valence-corrected chi connectivity index (χ4v) is 3.69. The highest BCUT2D eigenvalue weighted by molar-refractivity contribution is 5.59. The summed E-state index contributed by atoms with van der Waals surface area (Å²) < 4.78 is 0. The van der Waals surface area contributed by atoms with E-state index in [4.69, 9.17) is 0 Å². The number of rotatable bonds is 2. The van der Waals surface area contributed by atoms with Crippen molar-refractivity contribution in [3.8, 4) is 0 Å². The van der Waals surface area contributed by atoms with E-state index in [-0.39, 0.29) is 16.5 Å². The average Bonchev–Trinajstić information content (AvgIpc) is 2.46. The Bertz CT molecular complexity index is 563. The third kappa shape index (κ3) is 2.60. The summed E-state index contributed by atoms with van der Waals surface area (Å²) in [5, 5.41) is 21.9. The molecule has 0 aromatic carbocycles. The minimum atomic E-state index is -0.575. The van der Waals surface area contributed by atoms with Crippen LogP contribution in [0.2, 0.25) is 0 Å². The second-order valence-corrected chi connectivity index (χ2v) is 6.35. The first-order valence-corrected chi connectivity index (χ1v) is 7.58. The Hall–Kier alpha value is -1.69. The fraction of sp³-hybridized carbons (Fsp3) is 0.667. The Kier molecular flexibility index (Phi) is 3.57. The number of nitro groups is 1. The largest absolute Gasteiger partial charge is 0.389 e. The van der Waals surface area contributed by atoms with Gasteiger partial charge in [0.05, 0.1) is 10.5 Å².